The zero-order valence-corrected chi connectivity index (χ0v) is 12.8. The molecule has 3 heterocycles. The van der Waals surface area contributed by atoms with Crippen LogP contribution in [0.3, 0.4) is 0 Å². The van der Waals surface area contributed by atoms with Crippen LogP contribution in [0.1, 0.15) is 10.7 Å². The Kier molecular flexibility index (Phi) is 3.89. The zero-order chi connectivity index (χ0) is 14.8. The van der Waals surface area contributed by atoms with Gasteiger partial charge in [-0.15, -0.1) is 11.3 Å². The number of hydrogen-bond acceptors (Lipinski definition) is 6. The molecule has 1 N–H and O–H groups in total. The minimum Gasteiger partial charge on any atom is -0.481 e. The molecule has 3 rings (SSSR count). The lowest BCUT2D eigenvalue weighted by atomic mass is 10.4. The first kappa shape index (κ1) is 14.0. The van der Waals surface area contributed by atoms with Crippen LogP contribution in [0.25, 0.3) is 11.2 Å². The number of thioether (sulfide) groups is 1. The highest BCUT2D eigenvalue weighted by Gasteiger charge is 2.14. The van der Waals surface area contributed by atoms with Gasteiger partial charge in [0.25, 0.3) is 0 Å². The number of carboxylic acid groups (broad SMARTS) is 1. The van der Waals surface area contributed by atoms with E-state index in [2.05, 4.69) is 15.0 Å². The Balaban J connectivity index is 2.00. The molecule has 3 aromatic heterocycles. The van der Waals surface area contributed by atoms with Gasteiger partial charge in [0.15, 0.2) is 10.8 Å². The zero-order valence-electron chi connectivity index (χ0n) is 11.2. The number of carbonyl (C=O) groups is 1. The third-order valence-electron chi connectivity index (χ3n) is 2.75. The third kappa shape index (κ3) is 3.06. The van der Waals surface area contributed by atoms with E-state index in [1.54, 1.807) is 17.5 Å². The number of rotatable bonds is 5. The average molecular weight is 320 g/mol. The van der Waals surface area contributed by atoms with Crippen molar-refractivity contribution >= 4 is 40.2 Å². The number of aryl methyl sites for hydroxylation is 1. The Morgan fingerprint density at radius 2 is 2.33 bits per heavy atom. The van der Waals surface area contributed by atoms with Crippen molar-refractivity contribution in [3.05, 3.63) is 34.4 Å². The van der Waals surface area contributed by atoms with Crippen molar-refractivity contribution in [2.75, 3.05) is 5.75 Å². The van der Waals surface area contributed by atoms with Crippen molar-refractivity contribution in [1.29, 1.82) is 0 Å². The number of aromatic nitrogens is 4. The number of pyridine rings is 1. The van der Waals surface area contributed by atoms with Crippen LogP contribution in [0.5, 0.6) is 0 Å². The fraction of sp³-hybridized carbons (Fsp3) is 0.231. The number of thiazole rings is 1. The molecule has 0 aromatic carbocycles. The molecule has 0 aliphatic heterocycles. The lowest BCUT2D eigenvalue weighted by molar-refractivity contribution is -0.133. The van der Waals surface area contributed by atoms with Crippen molar-refractivity contribution in [2.24, 2.45) is 0 Å². The summed E-state index contributed by atoms with van der Waals surface area (Å²) < 4.78 is 1.92. The summed E-state index contributed by atoms with van der Waals surface area (Å²) in [5, 5.41) is 12.4. The molecule has 0 unspecified atom stereocenters. The molecule has 108 valence electrons. The van der Waals surface area contributed by atoms with E-state index < -0.39 is 5.97 Å². The molecular formula is C13H12N4O2S2. The SMILES string of the molecule is Cc1csc(Cn2c(SCC(=O)O)nc3cccnc32)n1. The average Bonchev–Trinajstić information content (AvgIpc) is 3.01. The first-order valence-electron chi connectivity index (χ1n) is 6.20. The van der Waals surface area contributed by atoms with E-state index in [1.807, 2.05) is 29.0 Å². The number of imidazole rings is 1. The normalized spacial score (nSPS) is 11.1. The first-order valence-corrected chi connectivity index (χ1v) is 8.07. The predicted molar refractivity (Wildman–Crippen MR) is 81.8 cm³/mol. The van der Waals surface area contributed by atoms with Crippen LogP contribution in [-0.4, -0.2) is 36.3 Å². The lowest BCUT2D eigenvalue weighted by Crippen LogP contribution is -2.05. The molecule has 0 saturated carbocycles. The van der Waals surface area contributed by atoms with Crippen LogP contribution in [-0.2, 0) is 11.3 Å². The molecular weight excluding hydrogens is 308 g/mol. The summed E-state index contributed by atoms with van der Waals surface area (Å²) in [6, 6.07) is 3.69. The van der Waals surface area contributed by atoms with Gasteiger partial charge < -0.3 is 5.11 Å². The Morgan fingerprint density at radius 1 is 1.48 bits per heavy atom. The Morgan fingerprint density at radius 3 is 3.05 bits per heavy atom. The quantitative estimate of drug-likeness (QED) is 0.727. The van der Waals surface area contributed by atoms with E-state index in [9.17, 15) is 4.79 Å². The van der Waals surface area contributed by atoms with E-state index >= 15 is 0 Å². The van der Waals surface area contributed by atoms with Crippen molar-refractivity contribution < 1.29 is 9.90 Å². The second kappa shape index (κ2) is 5.82. The molecule has 0 spiro atoms. The van der Waals surface area contributed by atoms with E-state index in [0.717, 1.165) is 21.9 Å². The lowest BCUT2D eigenvalue weighted by Gasteiger charge is -2.05. The van der Waals surface area contributed by atoms with Crippen LogP contribution >= 0.6 is 23.1 Å². The second-order valence-corrected chi connectivity index (χ2v) is 6.28. The highest BCUT2D eigenvalue weighted by atomic mass is 32.2. The van der Waals surface area contributed by atoms with Gasteiger partial charge in [-0.3, -0.25) is 9.36 Å². The van der Waals surface area contributed by atoms with Gasteiger partial charge in [-0.25, -0.2) is 15.0 Å². The molecule has 0 amide bonds. The van der Waals surface area contributed by atoms with Crippen molar-refractivity contribution in [3.63, 3.8) is 0 Å². The van der Waals surface area contributed by atoms with Gasteiger partial charge in [0.05, 0.1) is 12.3 Å². The van der Waals surface area contributed by atoms with Gasteiger partial charge in [0.2, 0.25) is 0 Å². The van der Waals surface area contributed by atoms with Gasteiger partial charge in [-0.1, -0.05) is 11.8 Å². The first-order chi connectivity index (χ1) is 10.1. The highest BCUT2D eigenvalue weighted by molar-refractivity contribution is 7.99. The Hall–Kier alpha value is -1.93. The molecule has 0 atom stereocenters. The molecule has 0 radical (unpaired) electrons. The van der Waals surface area contributed by atoms with Crippen molar-refractivity contribution in [2.45, 2.75) is 18.6 Å². The molecule has 3 aromatic rings. The third-order valence-corrected chi connectivity index (χ3v) is 4.67. The Labute approximate surface area is 128 Å². The molecule has 21 heavy (non-hydrogen) atoms. The number of fused-ring (bicyclic) bond motifs is 1. The summed E-state index contributed by atoms with van der Waals surface area (Å²) in [4.78, 5) is 24.0. The second-order valence-electron chi connectivity index (χ2n) is 4.39. The van der Waals surface area contributed by atoms with E-state index in [1.165, 1.54) is 11.8 Å². The maximum Gasteiger partial charge on any atom is 0.313 e. The van der Waals surface area contributed by atoms with E-state index in [-0.39, 0.29) is 5.75 Å². The highest BCUT2D eigenvalue weighted by Crippen LogP contribution is 2.24. The molecule has 8 heteroatoms. The van der Waals surface area contributed by atoms with Gasteiger partial charge in [-0.2, -0.15) is 0 Å². The minimum absolute atomic E-state index is 0.0276. The van der Waals surface area contributed by atoms with Crippen LogP contribution in [0.4, 0.5) is 0 Å². The smallest absolute Gasteiger partial charge is 0.313 e. The van der Waals surface area contributed by atoms with Crippen LogP contribution in [0.15, 0.2) is 28.9 Å². The standard InChI is InChI=1S/C13H12N4O2S2/c1-8-6-20-10(15-8)5-17-12-9(3-2-4-14-12)16-13(17)21-7-11(18)19/h2-4,6H,5,7H2,1H3,(H,18,19). The summed E-state index contributed by atoms with van der Waals surface area (Å²) in [5.74, 6) is -0.892. The van der Waals surface area contributed by atoms with Gasteiger partial charge in [0, 0.05) is 17.3 Å². The molecule has 0 bridgehead atoms. The Bertz CT molecular complexity index is 796. The molecule has 0 saturated heterocycles. The summed E-state index contributed by atoms with van der Waals surface area (Å²) in [6.07, 6.45) is 1.71. The maximum absolute atomic E-state index is 10.8. The van der Waals surface area contributed by atoms with Crippen molar-refractivity contribution in [3.8, 4) is 0 Å². The fourth-order valence-corrected chi connectivity index (χ4v) is 3.41. The maximum atomic E-state index is 10.8. The van der Waals surface area contributed by atoms with Crippen LogP contribution in [0.2, 0.25) is 0 Å². The number of aliphatic carboxylic acids is 1. The van der Waals surface area contributed by atoms with E-state index in [4.69, 9.17) is 5.11 Å². The molecule has 0 aliphatic carbocycles. The molecule has 6 nitrogen and oxygen atoms in total. The van der Waals surface area contributed by atoms with Gasteiger partial charge in [-0.05, 0) is 19.1 Å². The topological polar surface area (TPSA) is 80.9 Å². The molecule has 0 fully saturated rings. The largest absolute Gasteiger partial charge is 0.481 e. The molecule has 0 aliphatic rings. The van der Waals surface area contributed by atoms with Gasteiger partial charge >= 0.3 is 5.97 Å². The number of hydrogen-bond donors (Lipinski definition) is 1. The van der Waals surface area contributed by atoms with Gasteiger partial charge in [0.1, 0.15) is 10.5 Å². The summed E-state index contributed by atoms with van der Waals surface area (Å²) >= 11 is 2.77. The predicted octanol–water partition coefficient (Wildman–Crippen LogP) is 2.42. The van der Waals surface area contributed by atoms with Crippen molar-refractivity contribution in [1.82, 2.24) is 19.5 Å². The number of nitrogens with zero attached hydrogens (tertiary/aromatic N) is 4. The van der Waals surface area contributed by atoms with Crippen LogP contribution < -0.4 is 0 Å². The number of carboxylic acids is 1. The van der Waals surface area contributed by atoms with Crippen LogP contribution in [0, 0.1) is 6.92 Å². The summed E-state index contributed by atoms with van der Waals surface area (Å²) in [6.45, 7) is 2.50. The summed E-state index contributed by atoms with van der Waals surface area (Å²) in [5.41, 5.74) is 2.49. The monoisotopic (exact) mass is 320 g/mol. The van der Waals surface area contributed by atoms with E-state index in [0.29, 0.717) is 11.7 Å². The summed E-state index contributed by atoms with van der Waals surface area (Å²) in [7, 11) is 0. The fourth-order valence-electron chi connectivity index (χ4n) is 1.93. The minimum atomic E-state index is -0.864.